The Bertz CT molecular complexity index is 1700. The molecule has 6 nitrogen and oxygen atoms in total. The van der Waals surface area contributed by atoms with Crippen LogP contribution in [-0.4, -0.2) is 29.7 Å². The third-order valence-electron chi connectivity index (χ3n) is 6.15. The van der Waals surface area contributed by atoms with E-state index in [0.29, 0.717) is 22.0 Å². The summed E-state index contributed by atoms with van der Waals surface area (Å²) in [6, 6.07) is 20.3. The number of para-hydroxylation sites is 2. The van der Waals surface area contributed by atoms with E-state index in [9.17, 15) is 8.42 Å². The van der Waals surface area contributed by atoms with E-state index < -0.39 is 10.0 Å². The lowest BCUT2D eigenvalue weighted by Gasteiger charge is -2.20. The number of aryl methyl sites for hydroxylation is 1. The minimum absolute atomic E-state index is 0.00590. The minimum Gasteiger partial charge on any atom is -0.487 e. The van der Waals surface area contributed by atoms with Gasteiger partial charge in [-0.15, -0.1) is 0 Å². The molecule has 0 saturated carbocycles. The average Bonchev–Trinajstić information content (AvgIpc) is 3.26. The number of sulfonamides is 1. The summed E-state index contributed by atoms with van der Waals surface area (Å²) in [5.74, 6) is 0.575. The van der Waals surface area contributed by atoms with Crippen molar-refractivity contribution in [3.05, 3.63) is 99.8 Å². The Hall–Kier alpha value is -3.10. The lowest BCUT2D eigenvalue weighted by molar-refractivity contribution is 0.303. The van der Waals surface area contributed by atoms with Crippen molar-refractivity contribution in [1.82, 2.24) is 14.3 Å². The highest BCUT2D eigenvalue weighted by atomic mass is 35.5. The molecule has 0 unspecified atom stereocenters. The molecule has 1 N–H and O–H groups in total. The molecule has 5 aromatic rings. The van der Waals surface area contributed by atoms with E-state index in [1.54, 1.807) is 0 Å². The minimum atomic E-state index is -3.91. The van der Waals surface area contributed by atoms with Crippen LogP contribution < -0.4 is 4.74 Å². The van der Waals surface area contributed by atoms with Gasteiger partial charge in [-0.1, -0.05) is 59.6 Å². The van der Waals surface area contributed by atoms with Gasteiger partial charge in [0.25, 0.3) is 0 Å². The van der Waals surface area contributed by atoms with Gasteiger partial charge >= 0.3 is 0 Å². The number of pyridine rings is 1. The number of halogens is 2. The number of fused-ring (bicyclic) bond motifs is 2. The summed E-state index contributed by atoms with van der Waals surface area (Å²) in [5.41, 5.74) is 3.78. The first-order chi connectivity index (χ1) is 17.3. The van der Waals surface area contributed by atoms with Crippen LogP contribution in [0.4, 0.5) is 0 Å². The van der Waals surface area contributed by atoms with Crippen molar-refractivity contribution in [3.63, 3.8) is 0 Å². The topological polar surface area (TPSA) is 75.3 Å². The molecule has 0 atom stereocenters. The molecule has 0 aliphatic heterocycles. The van der Waals surface area contributed by atoms with Gasteiger partial charge in [0.2, 0.25) is 10.0 Å². The second-order valence-electron chi connectivity index (χ2n) is 8.51. The monoisotopic (exact) mass is 539 g/mol. The Morgan fingerprint density at radius 3 is 2.61 bits per heavy atom. The molecule has 0 aliphatic carbocycles. The molecule has 0 bridgehead atoms. The molecule has 2 aromatic heterocycles. The Labute approximate surface area is 219 Å². The van der Waals surface area contributed by atoms with Gasteiger partial charge in [-0.3, -0.25) is 0 Å². The van der Waals surface area contributed by atoms with Crippen molar-refractivity contribution in [2.75, 3.05) is 7.05 Å². The average molecular weight is 540 g/mol. The molecule has 36 heavy (non-hydrogen) atoms. The van der Waals surface area contributed by atoms with Crippen LogP contribution in [0.5, 0.6) is 5.75 Å². The summed E-state index contributed by atoms with van der Waals surface area (Å²) < 4.78 is 34.3. The quantitative estimate of drug-likeness (QED) is 0.248. The standard InChI is InChI=1S/C27H23Cl2N3O3S/c1-17-25(13-18-7-3-5-9-23(18)31-17)35-16-21-22(28)11-12-26(27(21)29)36(33,34)32(2)15-19-14-30-24-10-6-4-8-20(19)24/h3-14,30H,15-16H2,1-2H3. The Balaban J connectivity index is 1.42. The van der Waals surface area contributed by atoms with Crippen LogP contribution in [0, 0.1) is 6.92 Å². The molecular weight excluding hydrogens is 517 g/mol. The van der Waals surface area contributed by atoms with Crippen LogP contribution in [0.25, 0.3) is 21.8 Å². The predicted octanol–water partition coefficient (Wildman–Crippen LogP) is 6.73. The van der Waals surface area contributed by atoms with Gasteiger partial charge < -0.3 is 9.72 Å². The fourth-order valence-electron chi connectivity index (χ4n) is 4.15. The summed E-state index contributed by atoms with van der Waals surface area (Å²) in [6.07, 6.45) is 1.82. The van der Waals surface area contributed by atoms with E-state index in [-0.39, 0.29) is 23.1 Å². The molecule has 0 amide bonds. The van der Waals surface area contributed by atoms with Crippen LogP contribution in [-0.2, 0) is 23.2 Å². The lowest BCUT2D eigenvalue weighted by Crippen LogP contribution is -2.27. The summed E-state index contributed by atoms with van der Waals surface area (Å²) in [6.45, 7) is 2.03. The molecule has 184 valence electrons. The van der Waals surface area contributed by atoms with Crippen molar-refractivity contribution in [1.29, 1.82) is 0 Å². The zero-order chi connectivity index (χ0) is 25.4. The van der Waals surface area contributed by atoms with Gasteiger partial charge in [-0.05, 0) is 42.8 Å². The van der Waals surface area contributed by atoms with Crippen molar-refractivity contribution in [2.45, 2.75) is 25.0 Å². The molecule has 0 radical (unpaired) electrons. The number of hydrogen-bond acceptors (Lipinski definition) is 4. The second kappa shape index (κ2) is 9.75. The fraction of sp³-hybridized carbons (Fsp3) is 0.148. The lowest BCUT2D eigenvalue weighted by atomic mass is 10.2. The fourth-order valence-corrected chi connectivity index (χ4v) is 6.16. The summed E-state index contributed by atoms with van der Waals surface area (Å²) >= 11 is 13.0. The zero-order valence-electron chi connectivity index (χ0n) is 19.6. The van der Waals surface area contributed by atoms with Crippen LogP contribution in [0.1, 0.15) is 16.8 Å². The summed E-state index contributed by atoms with van der Waals surface area (Å²) in [5, 5.41) is 2.27. The van der Waals surface area contributed by atoms with E-state index in [2.05, 4.69) is 9.97 Å². The maximum Gasteiger partial charge on any atom is 0.244 e. The number of hydrogen-bond donors (Lipinski definition) is 1. The summed E-state index contributed by atoms with van der Waals surface area (Å²) in [4.78, 5) is 7.72. The normalized spacial score (nSPS) is 12.0. The summed E-state index contributed by atoms with van der Waals surface area (Å²) in [7, 11) is -2.38. The number of benzene rings is 3. The number of rotatable bonds is 7. The van der Waals surface area contributed by atoms with Crippen LogP contribution in [0.2, 0.25) is 10.0 Å². The molecule has 5 rings (SSSR count). The second-order valence-corrected chi connectivity index (χ2v) is 11.3. The maximum absolute atomic E-state index is 13.5. The van der Waals surface area contributed by atoms with Crippen molar-refractivity contribution in [3.8, 4) is 5.75 Å². The van der Waals surface area contributed by atoms with E-state index in [0.717, 1.165) is 27.4 Å². The van der Waals surface area contributed by atoms with E-state index in [1.165, 1.54) is 23.5 Å². The van der Waals surface area contributed by atoms with E-state index in [4.69, 9.17) is 27.9 Å². The number of ether oxygens (including phenoxy) is 1. The highest BCUT2D eigenvalue weighted by Gasteiger charge is 2.27. The van der Waals surface area contributed by atoms with Gasteiger partial charge in [0, 0.05) is 46.7 Å². The number of aromatic amines is 1. The highest BCUT2D eigenvalue weighted by Crippen LogP contribution is 2.34. The molecule has 2 heterocycles. The van der Waals surface area contributed by atoms with E-state index in [1.807, 2.05) is 67.7 Å². The van der Waals surface area contributed by atoms with Gasteiger partial charge in [-0.25, -0.2) is 13.4 Å². The third-order valence-corrected chi connectivity index (χ3v) is 8.89. The van der Waals surface area contributed by atoms with Crippen molar-refractivity contribution in [2.24, 2.45) is 0 Å². The van der Waals surface area contributed by atoms with Crippen LogP contribution >= 0.6 is 23.2 Å². The first-order valence-electron chi connectivity index (χ1n) is 11.2. The molecular formula is C27H23Cl2N3O3S. The molecule has 0 spiro atoms. The Morgan fingerprint density at radius 2 is 1.78 bits per heavy atom. The molecule has 0 aliphatic rings. The van der Waals surface area contributed by atoms with Crippen LogP contribution in [0.3, 0.4) is 0 Å². The SMILES string of the molecule is Cc1nc2ccccc2cc1OCc1c(Cl)ccc(S(=O)(=O)N(C)Cc2c[nH]c3ccccc23)c1Cl. The zero-order valence-corrected chi connectivity index (χ0v) is 22.0. The van der Waals surface area contributed by atoms with Gasteiger partial charge in [0.1, 0.15) is 17.3 Å². The van der Waals surface area contributed by atoms with Gasteiger partial charge in [-0.2, -0.15) is 4.31 Å². The Kier molecular flexibility index (Phi) is 6.66. The largest absolute Gasteiger partial charge is 0.487 e. The number of nitrogens with one attached hydrogen (secondary N) is 1. The number of nitrogens with zero attached hydrogens (tertiary/aromatic N) is 2. The van der Waals surface area contributed by atoms with Crippen molar-refractivity contribution >= 4 is 55.0 Å². The van der Waals surface area contributed by atoms with Crippen molar-refractivity contribution < 1.29 is 13.2 Å². The molecule has 0 saturated heterocycles. The van der Waals surface area contributed by atoms with E-state index >= 15 is 0 Å². The molecule has 9 heteroatoms. The van der Waals surface area contributed by atoms with Gasteiger partial charge in [0.15, 0.2) is 0 Å². The maximum atomic E-state index is 13.5. The first-order valence-corrected chi connectivity index (χ1v) is 13.4. The highest BCUT2D eigenvalue weighted by molar-refractivity contribution is 7.89. The molecule has 0 fully saturated rings. The first kappa shape index (κ1) is 24.6. The van der Waals surface area contributed by atoms with Crippen LogP contribution in [0.15, 0.2) is 77.8 Å². The smallest absolute Gasteiger partial charge is 0.244 e. The van der Waals surface area contributed by atoms with Gasteiger partial charge in [0.05, 0.1) is 16.2 Å². The third kappa shape index (κ3) is 4.55. The molecule has 3 aromatic carbocycles. The number of H-pyrrole nitrogens is 1. The predicted molar refractivity (Wildman–Crippen MR) is 144 cm³/mol. The Morgan fingerprint density at radius 1 is 1.03 bits per heavy atom. The number of aromatic nitrogens is 2.